The lowest BCUT2D eigenvalue weighted by Crippen LogP contribution is -2.40. The maximum atomic E-state index is 10.0. The van der Waals surface area contributed by atoms with Crippen molar-refractivity contribution in [1.82, 2.24) is 5.32 Å². The summed E-state index contributed by atoms with van der Waals surface area (Å²) in [6, 6.07) is 5.84. The molecule has 0 saturated heterocycles. The average Bonchev–Trinajstić information content (AvgIpc) is 2.57. The van der Waals surface area contributed by atoms with Crippen LogP contribution in [0.4, 0.5) is 0 Å². The summed E-state index contributed by atoms with van der Waals surface area (Å²) in [4.78, 5) is 0. The van der Waals surface area contributed by atoms with Gasteiger partial charge in [-0.2, -0.15) is 0 Å². The Hall–Kier alpha value is -0.280. The highest BCUT2D eigenvalue weighted by atomic mass is 35.5. The standard InChI is InChI=1S/C15H21Cl2NO/c16-12-7-6-11(13(17)10-12)8-9-18-14-4-2-1-3-5-15(14)19/h6-7,10,14-15,18-19H,1-5,8-9H2. The number of halogens is 2. The Morgan fingerprint density at radius 1 is 1.16 bits per heavy atom. The molecule has 4 heteroatoms. The number of hydrogen-bond donors (Lipinski definition) is 2. The van der Waals surface area contributed by atoms with Crippen LogP contribution in [0.1, 0.15) is 37.7 Å². The smallest absolute Gasteiger partial charge is 0.0693 e. The Labute approximate surface area is 125 Å². The van der Waals surface area contributed by atoms with Gasteiger partial charge >= 0.3 is 0 Å². The molecule has 2 N–H and O–H groups in total. The quantitative estimate of drug-likeness (QED) is 0.829. The molecule has 1 aliphatic rings. The minimum absolute atomic E-state index is 0.205. The largest absolute Gasteiger partial charge is 0.392 e. The summed E-state index contributed by atoms with van der Waals surface area (Å²) in [6.07, 6.45) is 6.22. The second kappa shape index (κ2) is 7.49. The van der Waals surface area contributed by atoms with Crippen LogP contribution in [0.15, 0.2) is 18.2 Å². The van der Waals surface area contributed by atoms with Gasteiger partial charge in [0.25, 0.3) is 0 Å². The van der Waals surface area contributed by atoms with Crippen LogP contribution in [0, 0.1) is 0 Å². The van der Waals surface area contributed by atoms with Gasteiger partial charge in [-0.3, -0.25) is 0 Å². The maximum Gasteiger partial charge on any atom is 0.0693 e. The molecule has 106 valence electrons. The SMILES string of the molecule is OC1CCCCCC1NCCc1ccc(Cl)cc1Cl. The summed E-state index contributed by atoms with van der Waals surface area (Å²) in [7, 11) is 0. The van der Waals surface area contributed by atoms with E-state index in [4.69, 9.17) is 23.2 Å². The van der Waals surface area contributed by atoms with Crippen LogP contribution >= 0.6 is 23.2 Å². The van der Waals surface area contributed by atoms with Gasteiger partial charge in [0.05, 0.1) is 6.10 Å². The number of aliphatic hydroxyl groups excluding tert-OH is 1. The van der Waals surface area contributed by atoms with Crippen molar-refractivity contribution >= 4 is 23.2 Å². The minimum atomic E-state index is -0.205. The minimum Gasteiger partial charge on any atom is -0.392 e. The first-order valence-electron chi connectivity index (χ1n) is 7.02. The third kappa shape index (κ3) is 4.64. The van der Waals surface area contributed by atoms with Crippen molar-refractivity contribution in [3.63, 3.8) is 0 Å². The van der Waals surface area contributed by atoms with Crippen molar-refractivity contribution in [1.29, 1.82) is 0 Å². The molecule has 1 saturated carbocycles. The first kappa shape index (κ1) is 15.1. The van der Waals surface area contributed by atoms with Crippen molar-refractivity contribution < 1.29 is 5.11 Å². The lowest BCUT2D eigenvalue weighted by atomic mass is 10.1. The Bertz CT molecular complexity index is 411. The van der Waals surface area contributed by atoms with Gasteiger partial charge in [0.1, 0.15) is 0 Å². The average molecular weight is 302 g/mol. The normalized spacial score (nSPS) is 24.2. The number of nitrogens with one attached hydrogen (secondary N) is 1. The zero-order valence-electron chi connectivity index (χ0n) is 11.0. The zero-order chi connectivity index (χ0) is 13.7. The van der Waals surface area contributed by atoms with Gasteiger partial charge in [-0.1, -0.05) is 48.5 Å². The predicted molar refractivity (Wildman–Crippen MR) is 81.0 cm³/mol. The van der Waals surface area contributed by atoms with Gasteiger partial charge in [0.2, 0.25) is 0 Å². The third-order valence-corrected chi connectivity index (χ3v) is 4.38. The fourth-order valence-corrected chi connectivity index (χ4v) is 3.15. The van der Waals surface area contributed by atoms with Crippen LogP contribution in [0.5, 0.6) is 0 Å². The maximum absolute atomic E-state index is 10.0. The molecule has 0 bridgehead atoms. The van der Waals surface area contributed by atoms with E-state index in [0.29, 0.717) is 5.02 Å². The molecule has 0 amide bonds. The lowest BCUT2D eigenvalue weighted by molar-refractivity contribution is 0.120. The van der Waals surface area contributed by atoms with Crippen LogP contribution in [-0.2, 0) is 6.42 Å². The monoisotopic (exact) mass is 301 g/mol. The molecule has 0 spiro atoms. The molecule has 2 rings (SSSR count). The van der Waals surface area contributed by atoms with E-state index in [2.05, 4.69) is 5.32 Å². The highest BCUT2D eigenvalue weighted by Gasteiger charge is 2.20. The third-order valence-electron chi connectivity index (χ3n) is 3.80. The molecular formula is C15H21Cl2NO. The van der Waals surface area contributed by atoms with Gasteiger partial charge in [0, 0.05) is 16.1 Å². The van der Waals surface area contributed by atoms with Crippen molar-refractivity contribution in [2.75, 3.05) is 6.54 Å². The summed E-state index contributed by atoms with van der Waals surface area (Å²) >= 11 is 12.0. The number of rotatable bonds is 4. The van der Waals surface area contributed by atoms with E-state index in [1.807, 2.05) is 12.1 Å². The molecule has 1 aromatic rings. The Morgan fingerprint density at radius 3 is 2.74 bits per heavy atom. The first-order chi connectivity index (χ1) is 9.16. The molecule has 0 heterocycles. The zero-order valence-corrected chi connectivity index (χ0v) is 12.6. The van der Waals surface area contributed by atoms with Gasteiger partial charge in [-0.05, 0) is 43.5 Å². The Morgan fingerprint density at radius 2 is 1.95 bits per heavy atom. The predicted octanol–water partition coefficient (Wildman–Crippen LogP) is 3.82. The van der Waals surface area contributed by atoms with E-state index in [1.54, 1.807) is 6.07 Å². The van der Waals surface area contributed by atoms with Crippen molar-refractivity contribution in [3.8, 4) is 0 Å². The van der Waals surface area contributed by atoms with Crippen molar-refractivity contribution in [2.24, 2.45) is 0 Å². The number of benzene rings is 1. The van der Waals surface area contributed by atoms with Gasteiger partial charge in [0.15, 0.2) is 0 Å². The van der Waals surface area contributed by atoms with Crippen molar-refractivity contribution in [3.05, 3.63) is 33.8 Å². The second-order valence-corrected chi connectivity index (χ2v) is 6.10. The van der Waals surface area contributed by atoms with Gasteiger partial charge in [-0.25, -0.2) is 0 Å². The van der Waals surface area contributed by atoms with E-state index in [-0.39, 0.29) is 12.1 Å². The van der Waals surface area contributed by atoms with Crippen LogP contribution in [-0.4, -0.2) is 23.8 Å². The summed E-state index contributed by atoms with van der Waals surface area (Å²) in [5.41, 5.74) is 1.10. The topological polar surface area (TPSA) is 32.3 Å². The van der Waals surface area contributed by atoms with E-state index >= 15 is 0 Å². The number of aliphatic hydroxyl groups is 1. The molecule has 0 radical (unpaired) electrons. The summed E-state index contributed by atoms with van der Waals surface area (Å²) < 4.78 is 0. The van der Waals surface area contributed by atoms with E-state index in [1.165, 1.54) is 12.8 Å². The van der Waals surface area contributed by atoms with Crippen LogP contribution in [0.2, 0.25) is 10.0 Å². The lowest BCUT2D eigenvalue weighted by Gasteiger charge is -2.22. The highest BCUT2D eigenvalue weighted by molar-refractivity contribution is 6.35. The summed E-state index contributed by atoms with van der Waals surface area (Å²) in [5.74, 6) is 0. The van der Waals surface area contributed by atoms with Gasteiger partial charge in [-0.15, -0.1) is 0 Å². The number of hydrogen-bond acceptors (Lipinski definition) is 2. The van der Waals surface area contributed by atoms with E-state index in [9.17, 15) is 5.11 Å². The molecule has 0 aliphatic heterocycles. The molecule has 2 atom stereocenters. The molecule has 1 fully saturated rings. The second-order valence-electron chi connectivity index (χ2n) is 5.25. The van der Waals surface area contributed by atoms with Crippen LogP contribution < -0.4 is 5.32 Å². The summed E-state index contributed by atoms with van der Waals surface area (Å²) in [6.45, 7) is 0.836. The summed E-state index contributed by atoms with van der Waals surface area (Å²) in [5, 5.41) is 14.9. The molecule has 1 aliphatic carbocycles. The Kier molecular flexibility index (Phi) is 5.96. The van der Waals surface area contributed by atoms with Crippen LogP contribution in [0.25, 0.3) is 0 Å². The molecule has 1 aromatic carbocycles. The molecule has 2 nitrogen and oxygen atoms in total. The fourth-order valence-electron chi connectivity index (χ4n) is 2.64. The van der Waals surface area contributed by atoms with E-state index in [0.717, 1.165) is 42.8 Å². The van der Waals surface area contributed by atoms with Crippen LogP contribution in [0.3, 0.4) is 0 Å². The Balaban J connectivity index is 1.82. The van der Waals surface area contributed by atoms with Crippen molar-refractivity contribution in [2.45, 2.75) is 50.7 Å². The molecule has 19 heavy (non-hydrogen) atoms. The van der Waals surface area contributed by atoms with E-state index < -0.39 is 0 Å². The fraction of sp³-hybridized carbons (Fsp3) is 0.600. The van der Waals surface area contributed by atoms with Gasteiger partial charge < -0.3 is 10.4 Å². The first-order valence-corrected chi connectivity index (χ1v) is 7.78. The highest BCUT2D eigenvalue weighted by Crippen LogP contribution is 2.22. The molecular weight excluding hydrogens is 281 g/mol. The molecule has 2 unspecified atom stereocenters. The molecule has 0 aromatic heterocycles.